The largest absolute Gasteiger partial charge is 0.257 e. The summed E-state index contributed by atoms with van der Waals surface area (Å²) in [5.41, 5.74) is 0.646. The van der Waals surface area contributed by atoms with E-state index in [9.17, 15) is 8.42 Å². The summed E-state index contributed by atoms with van der Waals surface area (Å²) in [6.45, 7) is 1.70. The van der Waals surface area contributed by atoms with E-state index in [0.29, 0.717) is 10.0 Å². The maximum absolute atomic E-state index is 11.4. The van der Waals surface area contributed by atoms with E-state index in [1.807, 2.05) is 0 Å². The SMILES string of the molecule is Cc1cccc(Br)c1S(=O)(=O)NN. The fraction of sp³-hybridized carbons (Fsp3) is 0.143. The summed E-state index contributed by atoms with van der Waals surface area (Å²) in [6.07, 6.45) is 0. The van der Waals surface area contributed by atoms with Crippen LogP contribution >= 0.6 is 15.9 Å². The third-order valence-electron chi connectivity index (χ3n) is 1.59. The van der Waals surface area contributed by atoms with Gasteiger partial charge in [-0.3, -0.25) is 5.84 Å². The Bertz CT molecular complexity index is 396. The number of nitrogens with one attached hydrogen (secondary N) is 1. The third-order valence-corrected chi connectivity index (χ3v) is 3.90. The van der Waals surface area contributed by atoms with Gasteiger partial charge in [0.1, 0.15) is 4.90 Å². The van der Waals surface area contributed by atoms with E-state index in [0.717, 1.165) is 0 Å². The highest BCUT2D eigenvalue weighted by atomic mass is 79.9. The number of nitrogens with two attached hydrogens (primary N) is 1. The van der Waals surface area contributed by atoms with Gasteiger partial charge >= 0.3 is 0 Å². The minimum absolute atomic E-state index is 0.178. The van der Waals surface area contributed by atoms with E-state index < -0.39 is 10.0 Å². The van der Waals surface area contributed by atoms with Crippen molar-refractivity contribution >= 4 is 26.0 Å². The molecule has 3 N–H and O–H groups in total. The van der Waals surface area contributed by atoms with Crippen molar-refractivity contribution < 1.29 is 8.42 Å². The molecule has 0 atom stereocenters. The van der Waals surface area contributed by atoms with Gasteiger partial charge in [0, 0.05) is 4.47 Å². The van der Waals surface area contributed by atoms with Gasteiger partial charge < -0.3 is 0 Å². The Balaban J connectivity index is 3.46. The van der Waals surface area contributed by atoms with Crippen LogP contribution in [0.3, 0.4) is 0 Å². The van der Waals surface area contributed by atoms with Gasteiger partial charge in [0.15, 0.2) is 0 Å². The van der Waals surface area contributed by atoms with Crippen LogP contribution < -0.4 is 10.7 Å². The predicted molar refractivity (Wildman–Crippen MR) is 53.4 cm³/mol. The van der Waals surface area contributed by atoms with Gasteiger partial charge in [0.2, 0.25) is 0 Å². The van der Waals surface area contributed by atoms with Crippen LogP contribution in [0.25, 0.3) is 0 Å². The molecule has 0 spiro atoms. The van der Waals surface area contributed by atoms with Gasteiger partial charge in [-0.2, -0.15) is 4.83 Å². The zero-order valence-electron chi connectivity index (χ0n) is 6.91. The number of benzene rings is 1. The molecule has 13 heavy (non-hydrogen) atoms. The minimum atomic E-state index is -3.58. The second kappa shape index (κ2) is 3.75. The van der Waals surface area contributed by atoms with Crippen molar-refractivity contribution in [3.05, 3.63) is 28.2 Å². The standard InChI is InChI=1S/C7H9BrN2O2S/c1-5-3-2-4-6(8)7(5)13(11,12)10-9/h2-4,10H,9H2,1H3. The second-order valence-corrected chi connectivity index (χ2v) is 5.01. The Morgan fingerprint density at radius 3 is 2.54 bits per heavy atom. The molecule has 0 bridgehead atoms. The zero-order chi connectivity index (χ0) is 10.1. The van der Waals surface area contributed by atoms with Crippen LogP contribution in [0.1, 0.15) is 5.56 Å². The first-order valence-corrected chi connectivity index (χ1v) is 5.74. The number of hydrazine groups is 1. The first-order valence-electron chi connectivity index (χ1n) is 3.46. The van der Waals surface area contributed by atoms with Crippen molar-refractivity contribution in [3.8, 4) is 0 Å². The number of hydrogen-bond donors (Lipinski definition) is 2. The number of rotatable bonds is 2. The summed E-state index contributed by atoms with van der Waals surface area (Å²) in [5.74, 6) is 4.92. The maximum atomic E-state index is 11.4. The molecule has 1 rings (SSSR count). The molecule has 0 aliphatic rings. The normalized spacial score (nSPS) is 11.6. The molecule has 0 amide bonds. The second-order valence-electron chi connectivity index (χ2n) is 2.51. The van der Waals surface area contributed by atoms with Gasteiger partial charge in [0.25, 0.3) is 10.0 Å². The number of hydrogen-bond acceptors (Lipinski definition) is 3. The van der Waals surface area contributed by atoms with Crippen molar-refractivity contribution in [2.75, 3.05) is 0 Å². The molecule has 0 saturated heterocycles. The van der Waals surface area contributed by atoms with E-state index in [-0.39, 0.29) is 4.90 Å². The molecule has 4 nitrogen and oxygen atoms in total. The molecule has 1 aromatic rings. The molecule has 0 fully saturated rings. The van der Waals surface area contributed by atoms with Crippen LogP contribution in [0.5, 0.6) is 0 Å². The quantitative estimate of drug-likeness (QED) is 0.616. The lowest BCUT2D eigenvalue weighted by molar-refractivity contribution is 0.583. The molecule has 0 saturated carbocycles. The fourth-order valence-corrected chi connectivity index (χ4v) is 3.06. The summed E-state index contributed by atoms with van der Waals surface area (Å²) in [6, 6.07) is 5.11. The van der Waals surface area contributed by atoms with Crippen molar-refractivity contribution in [2.45, 2.75) is 11.8 Å². The molecule has 1 aromatic carbocycles. The minimum Gasteiger partial charge on any atom is -0.257 e. The Kier molecular flexibility index (Phi) is 3.07. The Morgan fingerprint density at radius 2 is 2.08 bits per heavy atom. The lowest BCUT2D eigenvalue weighted by Crippen LogP contribution is -2.31. The van der Waals surface area contributed by atoms with Crippen LogP contribution in [-0.2, 0) is 10.0 Å². The summed E-state index contributed by atoms with van der Waals surface area (Å²) >= 11 is 3.15. The number of halogens is 1. The van der Waals surface area contributed by atoms with Gasteiger partial charge in [0.05, 0.1) is 0 Å². The molecule has 0 aromatic heterocycles. The molecule has 0 aliphatic heterocycles. The smallest absolute Gasteiger partial charge is 0.254 e. The molecular weight excluding hydrogens is 256 g/mol. The van der Waals surface area contributed by atoms with Crippen molar-refractivity contribution in [1.29, 1.82) is 0 Å². The molecule has 72 valence electrons. The Morgan fingerprint density at radius 1 is 1.46 bits per heavy atom. The van der Waals surface area contributed by atoms with E-state index >= 15 is 0 Å². The van der Waals surface area contributed by atoms with Crippen LogP contribution in [0.4, 0.5) is 0 Å². The molecule has 6 heteroatoms. The highest BCUT2D eigenvalue weighted by Gasteiger charge is 2.17. The third kappa shape index (κ3) is 2.08. The number of aryl methyl sites for hydroxylation is 1. The summed E-state index contributed by atoms with van der Waals surface area (Å²) in [7, 11) is -3.58. The number of sulfonamides is 1. The highest BCUT2D eigenvalue weighted by Crippen LogP contribution is 2.24. The molecule has 0 radical (unpaired) electrons. The van der Waals surface area contributed by atoms with Gasteiger partial charge in [-0.05, 0) is 34.5 Å². The Hall–Kier alpha value is -0.430. The monoisotopic (exact) mass is 264 g/mol. The topological polar surface area (TPSA) is 72.2 Å². The van der Waals surface area contributed by atoms with Gasteiger partial charge in [-0.1, -0.05) is 12.1 Å². The predicted octanol–water partition coefficient (Wildman–Crippen LogP) is 0.910. The lowest BCUT2D eigenvalue weighted by Gasteiger charge is -2.07. The highest BCUT2D eigenvalue weighted by molar-refractivity contribution is 9.10. The summed E-state index contributed by atoms with van der Waals surface area (Å²) in [4.78, 5) is 1.96. The van der Waals surface area contributed by atoms with Crippen molar-refractivity contribution in [2.24, 2.45) is 5.84 Å². The van der Waals surface area contributed by atoms with Crippen molar-refractivity contribution in [1.82, 2.24) is 4.83 Å². The maximum Gasteiger partial charge on any atom is 0.254 e. The lowest BCUT2D eigenvalue weighted by atomic mass is 10.2. The molecule has 0 unspecified atom stereocenters. The van der Waals surface area contributed by atoms with E-state index in [2.05, 4.69) is 15.9 Å². The van der Waals surface area contributed by atoms with Gasteiger partial charge in [-0.25, -0.2) is 8.42 Å². The Labute approximate surface area is 85.3 Å². The molecule has 0 heterocycles. The summed E-state index contributed by atoms with van der Waals surface area (Å²) < 4.78 is 23.3. The fourth-order valence-electron chi connectivity index (χ4n) is 1.02. The first kappa shape index (κ1) is 10.6. The summed E-state index contributed by atoms with van der Waals surface area (Å²) in [5, 5.41) is 0. The average Bonchev–Trinajstić information content (AvgIpc) is 2.03. The van der Waals surface area contributed by atoms with E-state index in [1.165, 1.54) is 0 Å². The first-order chi connectivity index (χ1) is 5.99. The van der Waals surface area contributed by atoms with E-state index in [1.54, 1.807) is 30.0 Å². The van der Waals surface area contributed by atoms with Crippen LogP contribution in [-0.4, -0.2) is 8.42 Å². The average molecular weight is 265 g/mol. The molecule has 0 aliphatic carbocycles. The molecular formula is C7H9BrN2O2S. The van der Waals surface area contributed by atoms with Gasteiger partial charge in [-0.15, -0.1) is 0 Å². The van der Waals surface area contributed by atoms with Crippen LogP contribution in [0.2, 0.25) is 0 Å². The van der Waals surface area contributed by atoms with Crippen LogP contribution in [0, 0.1) is 6.92 Å². The van der Waals surface area contributed by atoms with E-state index in [4.69, 9.17) is 5.84 Å². The zero-order valence-corrected chi connectivity index (χ0v) is 9.31. The van der Waals surface area contributed by atoms with Crippen LogP contribution in [0.15, 0.2) is 27.6 Å². The van der Waals surface area contributed by atoms with Crippen molar-refractivity contribution in [3.63, 3.8) is 0 Å².